The van der Waals surface area contributed by atoms with Crippen LogP contribution < -0.4 is 0 Å². The summed E-state index contributed by atoms with van der Waals surface area (Å²) < 4.78 is 0. The molecule has 1 rings (SSSR count). The van der Waals surface area contributed by atoms with Gasteiger partial charge < -0.3 is 10.2 Å². The van der Waals surface area contributed by atoms with E-state index in [-0.39, 0.29) is 11.8 Å². The van der Waals surface area contributed by atoms with Crippen molar-refractivity contribution in [2.45, 2.75) is 79.1 Å². The van der Waals surface area contributed by atoms with Gasteiger partial charge in [0, 0.05) is 0 Å². The van der Waals surface area contributed by atoms with Gasteiger partial charge in [0.05, 0.1) is 11.3 Å². The van der Waals surface area contributed by atoms with Gasteiger partial charge in [0.15, 0.2) is 0 Å². The van der Waals surface area contributed by atoms with Crippen molar-refractivity contribution in [3.63, 3.8) is 0 Å². The smallest absolute Gasteiger partial charge is 0.310 e. The van der Waals surface area contributed by atoms with E-state index >= 15 is 0 Å². The van der Waals surface area contributed by atoms with E-state index in [0.29, 0.717) is 25.2 Å². The van der Waals surface area contributed by atoms with Gasteiger partial charge in [-0.1, -0.05) is 59.8 Å². The van der Waals surface area contributed by atoms with Gasteiger partial charge in [0.1, 0.15) is 0 Å². The van der Waals surface area contributed by atoms with Gasteiger partial charge in [-0.2, -0.15) is 0 Å². The van der Waals surface area contributed by atoms with Crippen molar-refractivity contribution in [3.05, 3.63) is 0 Å². The van der Waals surface area contributed by atoms with E-state index < -0.39 is 23.3 Å². The Balaban J connectivity index is 3.17. The molecule has 4 nitrogen and oxygen atoms in total. The second kappa shape index (κ2) is 8.70. The minimum atomic E-state index is -1.13. The summed E-state index contributed by atoms with van der Waals surface area (Å²) in [7, 11) is 0. The largest absolute Gasteiger partial charge is 0.481 e. The second-order valence-corrected chi connectivity index (χ2v) is 8.29. The zero-order chi connectivity index (χ0) is 17.6. The minimum Gasteiger partial charge on any atom is -0.481 e. The summed E-state index contributed by atoms with van der Waals surface area (Å²) >= 11 is 0. The maximum absolute atomic E-state index is 12.3. The van der Waals surface area contributed by atoms with Crippen LogP contribution in [0.25, 0.3) is 0 Å². The summed E-state index contributed by atoms with van der Waals surface area (Å²) in [6.45, 7) is 7.93. The molecule has 2 atom stereocenters. The Morgan fingerprint density at radius 1 is 1.00 bits per heavy atom. The number of carboxylic acids is 2. The Morgan fingerprint density at radius 3 is 1.96 bits per heavy atom. The van der Waals surface area contributed by atoms with Gasteiger partial charge in [-0.05, 0) is 37.0 Å². The molecular formula is C19H34O4. The molecule has 23 heavy (non-hydrogen) atoms. The third-order valence-corrected chi connectivity index (χ3v) is 5.25. The molecule has 0 aromatic rings. The Bertz CT molecular complexity index is 396. The first kappa shape index (κ1) is 20.0. The monoisotopic (exact) mass is 326 g/mol. The van der Waals surface area contributed by atoms with Crippen LogP contribution in [0, 0.1) is 29.1 Å². The van der Waals surface area contributed by atoms with Crippen LogP contribution in [0.4, 0.5) is 0 Å². The van der Waals surface area contributed by atoms with Crippen molar-refractivity contribution in [2.75, 3.05) is 0 Å². The first-order valence-corrected chi connectivity index (χ1v) is 9.15. The summed E-state index contributed by atoms with van der Waals surface area (Å²) in [5, 5.41) is 19.9. The van der Waals surface area contributed by atoms with Gasteiger partial charge in [0.25, 0.3) is 0 Å². The highest BCUT2D eigenvalue weighted by Crippen LogP contribution is 2.46. The molecule has 2 N–H and O–H groups in total. The van der Waals surface area contributed by atoms with Gasteiger partial charge in [-0.25, -0.2) is 0 Å². The second-order valence-electron chi connectivity index (χ2n) is 8.29. The van der Waals surface area contributed by atoms with E-state index in [9.17, 15) is 19.8 Å². The predicted molar refractivity (Wildman–Crippen MR) is 91.3 cm³/mol. The zero-order valence-corrected chi connectivity index (χ0v) is 15.2. The summed E-state index contributed by atoms with van der Waals surface area (Å²) in [4.78, 5) is 24.2. The van der Waals surface area contributed by atoms with Gasteiger partial charge in [-0.3, -0.25) is 9.59 Å². The first-order chi connectivity index (χ1) is 10.7. The zero-order valence-electron chi connectivity index (χ0n) is 15.2. The van der Waals surface area contributed by atoms with Crippen molar-refractivity contribution >= 4 is 11.9 Å². The summed E-state index contributed by atoms with van der Waals surface area (Å²) in [6, 6.07) is 0. The van der Waals surface area contributed by atoms with Crippen LogP contribution in [0.2, 0.25) is 0 Å². The van der Waals surface area contributed by atoms with E-state index in [1.54, 1.807) is 0 Å². The lowest BCUT2D eigenvalue weighted by molar-refractivity contribution is -0.167. The Labute approximate surface area is 140 Å². The number of carbonyl (C=O) groups is 2. The van der Waals surface area contributed by atoms with Crippen LogP contribution in [-0.2, 0) is 9.59 Å². The number of hydrogen-bond donors (Lipinski definition) is 2. The van der Waals surface area contributed by atoms with Crippen LogP contribution in [-0.4, -0.2) is 22.2 Å². The Hall–Kier alpha value is -1.06. The molecule has 0 spiro atoms. The van der Waals surface area contributed by atoms with Crippen molar-refractivity contribution in [3.8, 4) is 0 Å². The maximum Gasteiger partial charge on any atom is 0.310 e. The van der Waals surface area contributed by atoms with Gasteiger partial charge in [-0.15, -0.1) is 0 Å². The van der Waals surface area contributed by atoms with Gasteiger partial charge >= 0.3 is 11.9 Å². The lowest BCUT2D eigenvalue weighted by Gasteiger charge is -2.40. The number of aliphatic carboxylic acids is 2. The molecule has 0 radical (unpaired) electrons. The molecule has 0 heterocycles. The Kier molecular flexibility index (Phi) is 7.56. The molecule has 0 saturated heterocycles. The average molecular weight is 326 g/mol. The van der Waals surface area contributed by atoms with Crippen molar-refractivity contribution in [2.24, 2.45) is 29.1 Å². The normalized spacial score (nSPS) is 20.4. The molecule has 1 saturated carbocycles. The highest BCUT2D eigenvalue weighted by molar-refractivity contribution is 5.83. The maximum atomic E-state index is 12.3. The van der Waals surface area contributed by atoms with Crippen LogP contribution in [0.1, 0.15) is 79.1 Å². The Morgan fingerprint density at radius 2 is 1.57 bits per heavy atom. The summed E-state index contributed by atoms with van der Waals surface area (Å²) in [5.74, 6) is -1.96. The minimum absolute atomic E-state index is 0.170. The average Bonchev–Trinajstić information content (AvgIpc) is 2.44. The summed E-state index contributed by atoms with van der Waals surface area (Å²) in [5.41, 5.74) is -1.13. The van der Waals surface area contributed by atoms with Gasteiger partial charge in [0.2, 0.25) is 0 Å². The standard InChI is InChI=1S/C19H34O4/c1-13(2)10-16(17(20)21)19(18(22)23,11-14(3)4)12-15-8-6-5-7-9-15/h13-16H,5-12H2,1-4H3,(H,20,21)(H,22,23). The van der Waals surface area contributed by atoms with E-state index in [4.69, 9.17) is 0 Å². The van der Waals surface area contributed by atoms with Crippen LogP contribution in [0.5, 0.6) is 0 Å². The lowest BCUT2D eigenvalue weighted by Crippen LogP contribution is -2.46. The molecule has 1 fully saturated rings. The molecule has 1 aliphatic rings. The molecular weight excluding hydrogens is 292 g/mol. The fourth-order valence-electron chi connectivity index (χ4n) is 4.36. The quantitative estimate of drug-likeness (QED) is 0.637. The van der Waals surface area contributed by atoms with Crippen molar-refractivity contribution in [1.82, 2.24) is 0 Å². The molecule has 2 unspecified atom stereocenters. The third kappa shape index (κ3) is 5.50. The van der Waals surface area contributed by atoms with Crippen molar-refractivity contribution in [1.29, 1.82) is 0 Å². The lowest BCUT2D eigenvalue weighted by atomic mass is 9.62. The van der Waals surface area contributed by atoms with Crippen LogP contribution >= 0.6 is 0 Å². The van der Waals surface area contributed by atoms with Crippen LogP contribution in [0.3, 0.4) is 0 Å². The fraction of sp³-hybridized carbons (Fsp3) is 0.895. The fourth-order valence-corrected chi connectivity index (χ4v) is 4.36. The molecule has 4 heteroatoms. The predicted octanol–water partition coefficient (Wildman–Crippen LogP) is 4.82. The van der Waals surface area contributed by atoms with Crippen molar-refractivity contribution < 1.29 is 19.8 Å². The van der Waals surface area contributed by atoms with E-state index in [2.05, 4.69) is 0 Å². The van der Waals surface area contributed by atoms with Crippen LogP contribution in [0.15, 0.2) is 0 Å². The molecule has 1 aliphatic carbocycles. The topological polar surface area (TPSA) is 74.6 Å². The van der Waals surface area contributed by atoms with E-state index in [1.165, 1.54) is 6.42 Å². The third-order valence-electron chi connectivity index (χ3n) is 5.25. The molecule has 0 amide bonds. The molecule has 0 aliphatic heterocycles. The number of hydrogen-bond acceptors (Lipinski definition) is 2. The highest BCUT2D eigenvalue weighted by atomic mass is 16.4. The van der Waals surface area contributed by atoms with E-state index in [0.717, 1.165) is 25.7 Å². The highest BCUT2D eigenvalue weighted by Gasteiger charge is 2.50. The summed E-state index contributed by atoms with van der Waals surface area (Å²) in [6.07, 6.45) is 6.99. The molecule has 0 aromatic carbocycles. The van der Waals surface area contributed by atoms with E-state index in [1.807, 2.05) is 27.7 Å². The number of rotatable bonds is 9. The first-order valence-electron chi connectivity index (χ1n) is 9.15. The molecule has 0 aromatic heterocycles. The SMILES string of the molecule is CC(C)CC(C(=O)O)C(CC(C)C)(CC1CCCCC1)C(=O)O. The molecule has 134 valence electrons. The molecule has 0 bridgehead atoms. The number of carboxylic acid groups (broad SMARTS) is 2.